The summed E-state index contributed by atoms with van der Waals surface area (Å²) in [6, 6.07) is 3.91. The second-order valence-electron chi connectivity index (χ2n) is 7.79. The predicted molar refractivity (Wildman–Crippen MR) is 103 cm³/mol. The first-order valence-corrected chi connectivity index (χ1v) is 9.86. The molecular weight excluding hydrogens is 505 g/mol. The zero-order chi connectivity index (χ0) is 27.2. The van der Waals surface area contributed by atoms with Gasteiger partial charge in [-0.25, -0.2) is 14.6 Å². The van der Waals surface area contributed by atoms with E-state index >= 15 is 0 Å². The Balaban J connectivity index is 0.000000362. The maximum absolute atomic E-state index is 13.0. The van der Waals surface area contributed by atoms with Crippen LogP contribution in [0.2, 0.25) is 0 Å². The molecule has 2 N–H and O–H groups in total. The van der Waals surface area contributed by atoms with Crippen LogP contribution in [-0.4, -0.2) is 83.3 Å². The van der Waals surface area contributed by atoms with E-state index in [0.717, 1.165) is 24.5 Å². The van der Waals surface area contributed by atoms with Crippen molar-refractivity contribution in [3.05, 3.63) is 23.9 Å². The number of piperazine rings is 1. The highest BCUT2D eigenvalue weighted by atomic mass is 19.4. The van der Waals surface area contributed by atoms with Gasteiger partial charge in [-0.2, -0.15) is 39.5 Å². The van der Waals surface area contributed by atoms with Gasteiger partial charge in [-0.15, -0.1) is 0 Å². The molecule has 0 radical (unpaired) electrons. The minimum Gasteiger partial charge on any atom is -0.475 e. The molecule has 1 aliphatic heterocycles. The highest BCUT2D eigenvalue weighted by molar-refractivity contribution is 5.73. The molecule has 2 fully saturated rings. The fraction of sp³-hybridized carbons (Fsp3) is 0.632. The van der Waals surface area contributed by atoms with Crippen LogP contribution in [0.4, 0.5) is 45.3 Å². The summed E-state index contributed by atoms with van der Waals surface area (Å²) in [4.78, 5) is 26.3. The molecule has 0 amide bonds. The van der Waals surface area contributed by atoms with Crippen molar-refractivity contribution in [1.29, 1.82) is 0 Å². The van der Waals surface area contributed by atoms with Gasteiger partial charge in [0.2, 0.25) is 0 Å². The Morgan fingerprint density at radius 1 is 0.914 bits per heavy atom. The van der Waals surface area contributed by atoms with Gasteiger partial charge in [-0.3, -0.25) is 4.90 Å². The number of hydrogen-bond donors (Lipinski definition) is 2. The highest BCUT2D eigenvalue weighted by Crippen LogP contribution is 2.57. The Morgan fingerprint density at radius 2 is 1.34 bits per heavy atom. The van der Waals surface area contributed by atoms with Crippen LogP contribution in [-0.2, 0) is 9.59 Å². The minimum atomic E-state index is -5.08. The molecule has 1 saturated heterocycles. The lowest BCUT2D eigenvalue weighted by atomic mass is 10.1. The number of aromatic nitrogens is 1. The van der Waals surface area contributed by atoms with Crippen LogP contribution in [0, 0.1) is 12.3 Å². The van der Waals surface area contributed by atoms with Crippen LogP contribution in [0.15, 0.2) is 18.3 Å². The van der Waals surface area contributed by atoms with E-state index in [1.54, 1.807) is 6.20 Å². The first-order chi connectivity index (χ1) is 15.8. The van der Waals surface area contributed by atoms with Crippen molar-refractivity contribution in [1.82, 2.24) is 9.88 Å². The van der Waals surface area contributed by atoms with Crippen LogP contribution in [0.3, 0.4) is 0 Å². The van der Waals surface area contributed by atoms with Crippen LogP contribution in [0.25, 0.3) is 0 Å². The van der Waals surface area contributed by atoms with Crippen LogP contribution < -0.4 is 4.90 Å². The summed E-state index contributed by atoms with van der Waals surface area (Å²) in [6.07, 6.45) is -11.9. The van der Waals surface area contributed by atoms with Crippen molar-refractivity contribution in [2.24, 2.45) is 5.41 Å². The van der Waals surface area contributed by atoms with Gasteiger partial charge >= 0.3 is 30.5 Å². The second kappa shape index (κ2) is 11.3. The zero-order valence-electron chi connectivity index (χ0n) is 18.1. The molecule has 1 aliphatic carbocycles. The third-order valence-electron chi connectivity index (χ3n) is 5.12. The van der Waals surface area contributed by atoms with Crippen LogP contribution in [0.1, 0.15) is 18.4 Å². The normalized spacial score (nSPS) is 17.9. The van der Waals surface area contributed by atoms with Gasteiger partial charge in [-0.1, -0.05) is 6.07 Å². The Kier molecular flexibility index (Phi) is 9.77. The number of aryl methyl sites for hydroxylation is 1. The molecule has 0 aromatic carbocycles. The molecule has 7 nitrogen and oxygen atoms in total. The van der Waals surface area contributed by atoms with Crippen LogP contribution >= 0.6 is 0 Å². The average molecular weight is 527 g/mol. The Labute approximate surface area is 193 Å². The van der Waals surface area contributed by atoms with E-state index in [9.17, 15) is 39.5 Å². The Hall–Kier alpha value is -2.78. The summed E-state index contributed by atoms with van der Waals surface area (Å²) in [5, 5.41) is 14.2. The Bertz CT molecular complexity index is 836. The van der Waals surface area contributed by atoms with E-state index in [0.29, 0.717) is 13.1 Å². The van der Waals surface area contributed by atoms with Gasteiger partial charge in [0.05, 0.1) is 5.41 Å². The van der Waals surface area contributed by atoms with Crippen LogP contribution in [0.5, 0.6) is 0 Å². The molecule has 35 heavy (non-hydrogen) atoms. The van der Waals surface area contributed by atoms with Crippen molar-refractivity contribution in [2.45, 2.75) is 38.3 Å². The molecule has 1 saturated carbocycles. The Morgan fingerprint density at radius 3 is 1.66 bits per heavy atom. The largest absolute Gasteiger partial charge is 0.490 e. The van der Waals surface area contributed by atoms with Gasteiger partial charge in [0, 0.05) is 38.9 Å². The third-order valence-corrected chi connectivity index (χ3v) is 5.12. The fourth-order valence-corrected chi connectivity index (χ4v) is 3.04. The van der Waals surface area contributed by atoms with Crippen molar-refractivity contribution < 1.29 is 59.3 Å². The summed E-state index contributed by atoms with van der Waals surface area (Å²) < 4.78 is 102. The molecule has 200 valence electrons. The number of anilines is 1. The lowest BCUT2D eigenvalue weighted by Crippen LogP contribution is -2.50. The molecule has 1 aromatic heterocycles. The van der Waals surface area contributed by atoms with Crippen molar-refractivity contribution >= 4 is 17.8 Å². The molecule has 0 spiro atoms. The minimum absolute atomic E-state index is 0.158. The number of carbonyl (C=O) groups is 2. The van der Waals surface area contributed by atoms with Gasteiger partial charge in [0.25, 0.3) is 0 Å². The molecular formula is C19H22F9N3O4. The summed E-state index contributed by atoms with van der Waals surface area (Å²) >= 11 is 0. The molecule has 2 heterocycles. The zero-order valence-corrected chi connectivity index (χ0v) is 18.1. The number of rotatable bonds is 3. The molecule has 0 atom stereocenters. The summed E-state index contributed by atoms with van der Waals surface area (Å²) in [5.41, 5.74) is -0.310. The molecule has 1 aromatic rings. The summed E-state index contributed by atoms with van der Waals surface area (Å²) in [5.74, 6) is -4.56. The SMILES string of the molecule is Cc1cccnc1N1CCN(CC2(C(F)(F)F)CC2)CC1.O=C(O)C(F)(F)F.O=C(O)C(F)(F)F. The van der Waals surface area contributed by atoms with E-state index in [2.05, 4.69) is 9.88 Å². The number of carboxylic acid groups (broad SMARTS) is 2. The van der Waals surface area contributed by atoms with Crippen molar-refractivity contribution in [3.8, 4) is 0 Å². The van der Waals surface area contributed by atoms with E-state index in [1.165, 1.54) is 0 Å². The smallest absolute Gasteiger partial charge is 0.475 e. The van der Waals surface area contributed by atoms with Gasteiger partial charge < -0.3 is 15.1 Å². The highest BCUT2D eigenvalue weighted by Gasteiger charge is 2.63. The monoisotopic (exact) mass is 527 g/mol. The van der Waals surface area contributed by atoms with E-state index in [1.807, 2.05) is 24.0 Å². The number of hydrogen-bond acceptors (Lipinski definition) is 5. The maximum atomic E-state index is 13.0. The number of halogens is 9. The number of pyridine rings is 1. The molecule has 2 aliphatic rings. The molecule has 16 heteroatoms. The number of aliphatic carboxylic acids is 2. The quantitative estimate of drug-likeness (QED) is 0.572. The molecule has 3 rings (SSSR count). The summed E-state index contributed by atoms with van der Waals surface area (Å²) in [7, 11) is 0. The van der Waals surface area contributed by atoms with Crippen molar-refractivity contribution in [3.63, 3.8) is 0 Å². The fourth-order valence-electron chi connectivity index (χ4n) is 3.04. The van der Waals surface area contributed by atoms with E-state index < -0.39 is 35.9 Å². The topological polar surface area (TPSA) is 94.0 Å². The van der Waals surface area contributed by atoms with Gasteiger partial charge in [0.15, 0.2) is 0 Å². The predicted octanol–water partition coefficient (Wildman–Crippen LogP) is 4.12. The molecule has 0 bridgehead atoms. The second-order valence-corrected chi connectivity index (χ2v) is 7.79. The molecule has 0 unspecified atom stereocenters. The standard InChI is InChI=1S/C15H20F3N3.2C2HF3O2/c1-12-3-2-6-19-13(12)21-9-7-20(8-10-21)11-14(4-5-14)15(16,17)18;2*3-2(4,5)1(6)7/h2-3,6H,4-5,7-11H2,1H3;2*(H,6,7). The lowest BCUT2D eigenvalue weighted by molar-refractivity contribution is -0.193. The number of alkyl halides is 9. The first kappa shape index (κ1) is 30.3. The van der Waals surface area contributed by atoms with E-state index in [4.69, 9.17) is 19.8 Å². The lowest BCUT2D eigenvalue weighted by Gasteiger charge is -2.38. The number of nitrogens with zero attached hydrogens (tertiary/aromatic N) is 3. The van der Waals surface area contributed by atoms with Crippen molar-refractivity contribution in [2.75, 3.05) is 37.6 Å². The average Bonchev–Trinajstić information content (AvgIpc) is 3.49. The number of carboxylic acids is 2. The van der Waals surface area contributed by atoms with Gasteiger partial charge in [-0.05, 0) is 31.4 Å². The summed E-state index contributed by atoms with van der Waals surface area (Å²) in [6.45, 7) is 5.00. The van der Waals surface area contributed by atoms with Gasteiger partial charge in [0.1, 0.15) is 5.82 Å². The maximum Gasteiger partial charge on any atom is 0.490 e. The van der Waals surface area contributed by atoms with E-state index in [-0.39, 0.29) is 19.4 Å². The first-order valence-electron chi connectivity index (χ1n) is 9.86. The third kappa shape index (κ3) is 9.41.